The van der Waals surface area contributed by atoms with Crippen LogP contribution in [0.2, 0.25) is 0 Å². The second-order valence-corrected chi connectivity index (χ2v) is 9.67. The topological polar surface area (TPSA) is 49.9 Å². The van der Waals surface area contributed by atoms with Crippen molar-refractivity contribution in [1.82, 2.24) is 9.80 Å². The lowest BCUT2D eigenvalue weighted by Gasteiger charge is -2.37. The van der Waals surface area contributed by atoms with Gasteiger partial charge < -0.3 is 14.5 Å². The first kappa shape index (κ1) is 23.1. The molecule has 0 bridgehead atoms. The number of nitrogens with zero attached hydrogens (tertiary/aromatic N) is 2. The average molecular weight is 463 g/mol. The van der Waals surface area contributed by atoms with Crippen LogP contribution in [0.5, 0.6) is 5.75 Å². The molecule has 33 heavy (non-hydrogen) atoms. The first-order valence-electron chi connectivity index (χ1n) is 11.3. The lowest BCUT2D eigenvalue weighted by Crippen LogP contribution is -2.49. The minimum Gasteiger partial charge on any atom is -0.491 e. The summed E-state index contributed by atoms with van der Waals surface area (Å²) in [5.41, 5.74) is 2.85. The number of thiophene rings is 1. The molecule has 4 rings (SSSR count). The number of benzene rings is 2. The molecule has 2 aromatic carbocycles. The Kier molecular flexibility index (Phi) is 7.14. The predicted molar refractivity (Wildman–Crippen MR) is 132 cm³/mol. The van der Waals surface area contributed by atoms with Crippen molar-refractivity contribution in [3.05, 3.63) is 87.6 Å². The zero-order valence-corrected chi connectivity index (χ0v) is 20.2. The molecule has 2 amide bonds. The maximum atomic E-state index is 13.5. The van der Waals surface area contributed by atoms with Crippen molar-refractivity contribution in [1.29, 1.82) is 0 Å². The van der Waals surface area contributed by atoms with Gasteiger partial charge in [0, 0.05) is 23.0 Å². The van der Waals surface area contributed by atoms with E-state index in [0.29, 0.717) is 18.7 Å². The first-order chi connectivity index (χ1) is 15.9. The highest BCUT2D eigenvalue weighted by Crippen LogP contribution is 2.34. The molecule has 0 saturated carbocycles. The van der Waals surface area contributed by atoms with Gasteiger partial charge in [-0.1, -0.05) is 35.9 Å². The summed E-state index contributed by atoms with van der Waals surface area (Å²) in [6.45, 7) is 6.94. The molecule has 2 heterocycles. The Morgan fingerprint density at radius 1 is 1.09 bits per heavy atom. The summed E-state index contributed by atoms with van der Waals surface area (Å²) in [6.07, 6.45) is 0.828. The first-order valence-corrected chi connectivity index (χ1v) is 12.2. The lowest BCUT2D eigenvalue weighted by atomic mass is 10.00. The lowest BCUT2D eigenvalue weighted by molar-refractivity contribution is -0.136. The fourth-order valence-corrected chi connectivity index (χ4v) is 5.08. The second kappa shape index (κ2) is 10.2. The molecule has 6 heteroatoms. The third kappa shape index (κ3) is 5.28. The maximum absolute atomic E-state index is 13.5. The molecule has 0 N–H and O–H groups in total. The number of ether oxygens (including phenoxy) is 1. The number of hydrogen-bond acceptors (Lipinski definition) is 4. The van der Waals surface area contributed by atoms with Crippen LogP contribution in [0.15, 0.2) is 66.0 Å². The summed E-state index contributed by atoms with van der Waals surface area (Å²) >= 11 is 1.73. The smallest absolute Gasteiger partial charge is 0.254 e. The van der Waals surface area contributed by atoms with E-state index in [9.17, 15) is 9.59 Å². The predicted octanol–water partition coefficient (Wildman–Crippen LogP) is 5.11. The van der Waals surface area contributed by atoms with Crippen molar-refractivity contribution in [2.24, 2.45) is 0 Å². The summed E-state index contributed by atoms with van der Waals surface area (Å²) in [4.78, 5) is 31.6. The highest BCUT2D eigenvalue weighted by molar-refractivity contribution is 7.10. The van der Waals surface area contributed by atoms with Crippen LogP contribution in [0.3, 0.4) is 0 Å². The summed E-state index contributed by atoms with van der Waals surface area (Å²) in [5.74, 6) is 0.608. The molecule has 0 fully saturated rings. The highest BCUT2D eigenvalue weighted by Gasteiger charge is 2.34. The van der Waals surface area contributed by atoms with E-state index in [0.717, 1.165) is 23.3 Å². The molecule has 5 nitrogen and oxygen atoms in total. The SMILES string of the molecule is Cc1ccc(C(=O)N(CC(=O)N2CCc3sccc3C2COc2ccccc2)C(C)C)cc1. The van der Waals surface area contributed by atoms with Crippen LogP contribution in [0.1, 0.15) is 46.3 Å². The third-order valence-electron chi connectivity index (χ3n) is 6.05. The fraction of sp³-hybridized carbons (Fsp3) is 0.333. The molecule has 1 aromatic heterocycles. The summed E-state index contributed by atoms with van der Waals surface area (Å²) in [5, 5.41) is 2.08. The Morgan fingerprint density at radius 2 is 1.82 bits per heavy atom. The molecule has 172 valence electrons. The van der Waals surface area contributed by atoms with Crippen LogP contribution in [0, 0.1) is 6.92 Å². The zero-order chi connectivity index (χ0) is 23.4. The largest absolute Gasteiger partial charge is 0.491 e. The van der Waals surface area contributed by atoms with Crippen molar-refractivity contribution in [2.75, 3.05) is 19.7 Å². The standard InChI is InChI=1S/C27H30N2O3S/c1-19(2)29(27(31)21-11-9-20(3)10-12-21)17-26(30)28-15-13-25-23(14-16-33-25)24(28)18-32-22-7-5-4-6-8-22/h4-12,14,16,19,24H,13,15,17-18H2,1-3H3. The normalized spacial score (nSPS) is 15.3. The molecule has 0 saturated heterocycles. The van der Waals surface area contributed by atoms with Gasteiger partial charge in [-0.2, -0.15) is 0 Å². The monoisotopic (exact) mass is 462 g/mol. The number of aryl methyl sites for hydroxylation is 1. The van der Waals surface area contributed by atoms with Crippen LogP contribution in [-0.2, 0) is 11.2 Å². The van der Waals surface area contributed by atoms with Gasteiger partial charge >= 0.3 is 0 Å². The molecule has 1 unspecified atom stereocenters. The number of amides is 2. The Bertz CT molecular complexity index is 1090. The van der Waals surface area contributed by atoms with Gasteiger partial charge in [-0.3, -0.25) is 9.59 Å². The summed E-state index contributed by atoms with van der Waals surface area (Å²) < 4.78 is 6.06. The Balaban J connectivity index is 1.52. The zero-order valence-electron chi connectivity index (χ0n) is 19.4. The molecule has 0 spiro atoms. The number of fused-ring (bicyclic) bond motifs is 1. The quantitative estimate of drug-likeness (QED) is 0.490. The minimum absolute atomic E-state index is 0.0473. The van der Waals surface area contributed by atoms with Gasteiger partial charge in [-0.05, 0) is 68.5 Å². The van der Waals surface area contributed by atoms with E-state index in [2.05, 4.69) is 11.4 Å². The van der Waals surface area contributed by atoms with Crippen LogP contribution in [0.25, 0.3) is 0 Å². The van der Waals surface area contributed by atoms with E-state index >= 15 is 0 Å². The van der Waals surface area contributed by atoms with Crippen molar-refractivity contribution < 1.29 is 14.3 Å². The second-order valence-electron chi connectivity index (χ2n) is 8.67. The molecule has 3 aromatic rings. The van der Waals surface area contributed by atoms with Crippen LogP contribution in [-0.4, -0.2) is 47.4 Å². The van der Waals surface area contributed by atoms with E-state index in [1.54, 1.807) is 16.2 Å². The van der Waals surface area contributed by atoms with E-state index < -0.39 is 0 Å². The summed E-state index contributed by atoms with van der Waals surface area (Å²) in [7, 11) is 0. The summed E-state index contributed by atoms with van der Waals surface area (Å²) in [6, 6.07) is 19.0. The van der Waals surface area contributed by atoms with Gasteiger partial charge in [0.15, 0.2) is 0 Å². The van der Waals surface area contributed by atoms with E-state index in [1.165, 1.54) is 4.88 Å². The van der Waals surface area contributed by atoms with Crippen LogP contribution in [0.4, 0.5) is 0 Å². The Hall–Kier alpha value is -3.12. The number of carbonyl (C=O) groups is 2. The highest BCUT2D eigenvalue weighted by atomic mass is 32.1. The van der Waals surface area contributed by atoms with Crippen molar-refractivity contribution in [3.8, 4) is 5.75 Å². The van der Waals surface area contributed by atoms with Crippen molar-refractivity contribution in [2.45, 2.75) is 39.3 Å². The van der Waals surface area contributed by atoms with Gasteiger partial charge in [-0.25, -0.2) is 0 Å². The van der Waals surface area contributed by atoms with Gasteiger partial charge in [-0.15, -0.1) is 11.3 Å². The molecule has 0 radical (unpaired) electrons. The number of rotatable bonds is 7. The molecule has 1 aliphatic rings. The maximum Gasteiger partial charge on any atom is 0.254 e. The molecular formula is C27H30N2O3S. The molecular weight excluding hydrogens is 432 g/mol. The van der Waals surface area contributed by atoms with Crippen molar-refractivity contribution >= 4 is 23.2 Å². The van der Waals surface area contributed by atoms with Gasteiger partial charge in [0.1, 0.15) is 18.9 Å². The third-order valence-corrected chi connectivity index (χ3v) is 7.05. The number of hydrogen-bond donors (Lipinski definition) is 0. The van der Waals surface area contributed by atoms with E-state index in [1.807, 2.05) is 80.3 Å². The fourth-order valence-electron chi connectivity index (χ4n) is 4.15. The van der Waals surface area contributed by atoms with E-state index in [-0.39, 0.29) is 30.4 Å². The van der Waals surface area contributed by atoms with Gasteiger partial charge in [0.2, 0.25) is 5.91 Å². The number of carbonyl (C=O) groups excluding carboxylic acids is 2. The Morgan fingerprint density at radius 3 is 2.52 bits per heavy atom. The molecule has 0 aliphatic carbocycles. The van der Waals surface area contributed by atoms with Crippen LogP contribution < -0.4 is 4.74 Å². The van der Waals surface area contributed by atoms with Crippen molar-refractivity contribution in [3.63, 3.8) is 0 Å². The number of para-hydroxylation sites is 1. The van der Waals surface area contributed by atoms with Gasteiger partial charge in [0.05, 0.1) is 6.04 Å². The molecule has 1 aliphatic heterocycles. The van der Waals surface area contributed by atoms with Crippen LogP contribution >= 0.6 is 11.3 Å². The average Bonchev–Trinajstić information content (AvgIpc) is 3.30. The van der Waals surface area contributed by atoms with E-state index in [4.69, 9.17) is 4.74 Å². The minimum atomic E-state index is -0.170. The molecule has 1 atom stereocenters. The van der Waals surface area contributed by atoms with Gasteiger partial charge in [0.25, 0.3) is 5.91 Å². The Labute approximate surface area is 199 Å².